The first kappa shape index (κ1) is 19.7. The van der Waals surface area contributed by atoms with Gasteiger partial charge >= 0.3 is 0 Å². The van der Waals surface area contributed by atoms with Crippen LogP contribution in [-0.2, 0) is 0 Å². The lowest BCUT2D eigenvalue weighted by atomic mass is 9.86. The molecule has 0 saturated carbocycles. The molecule has 2 atom stereocenters. The lowest BCUT2D eigenvalue weighted by Gasteiger charge is -2.34. The molecular weight excluding hydrogens is 390 g/mol. The fourth-order valence-corrected chi connectivity index (χ4v) is 4.32. The third-order valence-electron chi connectivity index (χ3n) is 5.61. The Labute approximate surface area is 175 Å². The van der Waals surface area contributed by atoms with Gasteiger partial charge in [0.1, 0.15) is 24.0 Å². The van der Waals surface area contributed by atoms with Crippen molar-refractivity contribution >= 4 is 23.2 Å². The SMILES string of the molecule is CCOc1c(C(C)N2NC(C)c3c(N)ncnc32)cc(Cl)c(C#N)c1C1CNC1. The van der Waals surface area contributed by atoms with Crippen LogP contribution in [0.3, 0.4) is 0 Å². The zero-order chi connectivity index (χ0) is 20.7. The van der Waals surface area contributed by atoms with E-state index in [1.807, 2.05) is 24.9 Å². The molecule has 0 radical (unpaired) electrons. The minimum Gasteiger partial charge on any atom is -0.493 e. The van der Waals surface area contributed by atoms with Crippen LogP contribution in [-0.4, -0.2) is 29.7 Å². The van der Waals surface area contributed by atoms with Gasteiger partial charge in [-0.05, 0) is 26.8 Å². The van der Waals surface area contributed by atoms with E-state index in [-0.39, 0.29) is 18.0 Å². The Morgan fingerprint density at radius 1 is 1.41 bits per heavy atom. The van der Waals surface area contributed by atoms with Gasteiger partial charge in [-0.1, -0.05) is 11.6 Å². The van der Waals surface area contributed by atoms with Crippen LogP contribution in [0.15, 0.2) is 12.4 Å². The molecule has 2 unspecified atom stereocenters. The number of nitrogens with one attached hydrogen (secondary N) is 2. The first-order chi connectivity index (χ1) is 14.0. The van der Waals surface area contributed by atoms with E-state index in [1.54, 1.807) is 0 Å². The number of hydrazine groups is 1. The number of hydrogen-bond donors (Lipinski definition) is 3. The Kier molecular flexibility index (Phi) is 5.21. The van der Waals surface area contributed by atoms with E-state index < -0.39 is 0 Å². The van der Waals surface area contributed by atoms with Crippen LogP contribution >= 0.6 is 11.6 Å². The van der Waals surface area contributed by atoms with Gasteiger partial charge in [0.15, 0.2) is 5.82 Å². The molecule has 1 aromatic heterocycles. The number of nitrogens with two attached hydrogens (primary N) is 1. The molecule has 2 aliphatic rings. The summed E-state index contributed by atoms with van der Waals surface area (Å²) in [5, 5.41) is 15.4. The summed E-state index contributed by atoms with van der Waals surface area (Å²) >= 11 is 6.55. The van der Waals surface area contributed by atoms with Crippen LogP contribution in [0.25, 0.3) is 0 Å². The third-order valence-corrected chi connectivity index (χ3v) is 5.91. The molecule has 152 valence electrons. The first-order valence-electron chi connectivity index (χ1n) is 9.73. The summed E-state index contributed by atoms with van der Waals surface area (Å²) in [6.07, 6.45) is 1.47. The van der Waals surface area contributed by atoms with Crippen LogP contribution in [0.4, 0.5) is 11.6 Å². The van der Waals surface area contributed by atoms with E-state index in [2.05, 4.69) is 33.7 Å². The quantitative estimate of drug-likeness (QED) is 0.685. The Hall–Kier alpha value is -2.60. The number of halogens is 1. The summed E-state index contributed by atoms with van der Waals surface area (Å²) in [5.41, 5.74) is 12.7. The Morgan fingerprint density at radius 2 is 2.17 bits per heavy atom. The number of benzene rings is 1. The topological polar surface area (TPSA) is 112 Å². The second-order valence-corrected chi connectivity index (χ2v) is 7.77. The van der Waals surface area contributed by atoms with Gasteiger partial charge in [0.25, 0.3) is 0 Å². The van der Waals surface area contributed by atoms with Crippen LogP contribution in [0.2, 0.25) is 5.02 Å². The summed E-state index contributed by atoms with van der Waals surface area (Å²) in [5.74, 6) is 2.14. The number of nitrogen functional groups attached to an aromatic ring is 1. The number of rotatable bonds is 5. The van der Waals surface area contributed by atoms with E-state index in [4.69, 9.17) is 22.1 Å². The fourth-order valence-electron chi connectivity index (χ4n) is 4.06. The normalized spacial score (nSPS) is 19.4. The van der Waals surface area contributed by atoms with Crippen LogP contribution < -0.4 is 26.2 Å². The van der Waals surface area contributed by atoms with Crippen molar-refractivity contribution in [2.24, 2.45) is 0 Å². The highest BCUT2D eigenvalue weighted by Gasteiger charge is 2.36. The number of hydrogen-bond acceptors (Lipinski definition) is 8. The van der Waals surface area contributed by atoms with E-state index in [0.717, 1.165) is 41.3 Å². The van der Waals surface area contributed by atoms with E-state index in [9.17, 15) is 5.26 Å². The average Bonchev–Trinajstić information content (AvgIpc) is 3.00. The zero-order valence-electron chi connectivity index (χ0n) is 16.7. The molecule has 1 saturated heterocycles. The highest BCUT2D eigenvalue weighted by molar-refractivity contribution is 6.32. The third kappa shape index (κ3) is 3.15. The average molecular weight is 414 g/mol. The molecule has 2 aliphatic heterocycles. The number of nitrogens with zero attached hydrogens (tertiary/aromatic N) is 4. The maximum absolute atomic E-state index is 9.73. The van der Waals surface area contributed by atoms with Crippen molar-refractivity contribution < 1.29 is 4.74 Å². The summed E-state index contributed by atoms with van der Waals surface area (Å²) in [4.78, 5) is 8.57. The van der Waals surface area contributed by atoms with E-state index in [0.29, 0.717) is 23.0 Å². The van der Waals surface area contributed by atoms with Crippen molar-refractivity contribution in [2.45, 2.75) is 38.8 Å². The van der Waals surface area contributed by atoms with Gasteiger partial charge in [-0.15, -0.1) is 0 Å². The maximum atomic E-state index is 9.73. The van der Waals surface area contributed by atoms with Gasteiger partial charge in [-0.3, -0.25) is 5.01 Å². The molecule has 8 nitrogen and oxygen atoms in total. The smallest absolute Gasteiger partial charge is 0.153 e. The van der Waals surface area contributed by atoms with Crippen LogP contribution in [0, 0.1) is 11.3 Å². The molecule has 1 fully saturated rings. The molecule has 9 heteroatoms. The van der Waals surface area contributed by atoms with Gasteiger partial charge in [-0.2, -0.15) is 5.26 Å². The molecule has 0 aliphatic carbocycles. The molecule has 0 spiro atoms. The Bertz CT molecular complexity index is 986. The highest BCUT2D eigenvalue weighted by Crippen LogP contribution is 2.45. The molecule has 0 bridgehead atoms. The molecule has 2 aromatic rings. The van der Waals surface area contributed by atoms with E-state index >= 15 is 0 Å². The summed E-state index contributed by atoms with van der Waals surface area (Å²) in [7, 11) is 0. The van der Waals surface area contributed by atoms with Crippen molar-refractivity contribution in [3.63, 3.8) is 0 Å². The van der Waals surface area contributed by atoms with Crippen molar-refractivity contribution in [3.8, 4) is 11.8 Å². The molecule has 29 heavy (non-hydrogen) atoms. The standard InChI is InChI=1S/C20H24ClN7O/c1-4-29-18-13(5-15(21)14(6-22)17(18)12-7-24-8-12)11(3)28-20-16(10(2)27-28)19(23)25-9-26-20/h5,9-12,24,27H,4,7-8H2,1-3H3,(H2,23,25,26). The minimum absolute atomic E-state index is 0.0200. The van der Waals surface area contributed by atoms with Crippen molar-refractivity contribution in [3.05, 3.63) is 39.7 Å². The maximum Gasteiger partial charge on any atom is 0.153 e. The molecule has 1 aromatic carbocycles. The predicted molar refractivity (Wildman–Crippen MR) is 112 cm³/mol. The Balaban J connectivity index is 1.84. The second-order valence-electron chi connectivity index (χ2n) is 7.36. The van der Waals surface area contributed by atoms with E-state index in [1.165, 1.54) is 6.33 Å². The zero-order valence-corrected chi connectivity index (χ0v) is 17.4. The monoisotopic (exact) mass is 413 g/mol. The number of anilines is 2. The molecular formula is C20H24ClN7O. The molecule has 4 N–H and O–H groups in total. The molecule has 4 rings (SSSR count). The Morgan fingerprint density at radius 3 is 2.79 bits per heavy atom. The minimum atomic E-state index is -0.161. The van der Waals surface area contributed by atoms with Gasteiger partial charge in [-0.25, -0.2) is 15.4 Å². The summed E-state index contributed by atoms with van der Waals surface area (Å²) < 4.78 is 6.09. The fraction of sp³-hybridized carbons (Fsp3) is 0.450. The number of ether oxygens (including phenoxy) is 1. The molecule has 3 heterocycles. The highest BCUT2D eigenvalue weighted by atomic mass is 35.5. The summed E-state index contributed by atoms with van der Waals surface area (Å²) in [6.45, 7) is 8.11. The summed E-state index contributed by atoms with van der Waals surface area (Å²) in [6, 6.07) is 3.92. The van der Waals surface area contributed by atoms with Crippen molar-refractivity contribution in [1.82, 2.24) is 20.7 Å². The van der Waals surface area contributed by atoms with Gasteiger partial charge < -0.3 is 15.8 Å². The lowest BCUT2D eigenvalue weighted by molar-refractivity contribution is 0.320. The lowest BCUT2D eigenvalue weighted by Crippen LogP contribution is -2.41. The van der Waals surface area contributed by atoms with Gasteiger partial charge in [0.05, 0.1) is 34.8 Å². The molecule has 0 amide bonds. The second kappa shape index (κ2) is 7.67. The first-order valence-corrected chi connectivity index (χ1v) is 10.1. The van der Waals surface area contributed by atoms with Crippen LogP contribution in [0.5, 0.6) is 5.75 Å². The number of nitriles is 1. The van der Waals surface area contributed by atoms with Crippen LogP contribution in [0.1, 0.15) is 61.0 Å². The van der Waals surface area contributed by atoms with Crippen molar-refractivity contribution in [2.75, 3.05) is 30.4 Å². The largest absolute Gasteiger partial charge is 0.493 e. The van der Waals surface area contributed by atoms with Crippen molar-refractivity contribution in [1.29, 1.82) is 5.26 Å². The number of aromatic nitrogens is 2. The number of fused-ring (bicyclic) bond motifs is 1. The van der Waals surface area contributed by atoms with Gasteiger partial charge in [0.2, 0.25) is 0 Å². The van der Waals surface area contributed by atoms with Gasteiger partial charge in [0, 0.05) is 30.1 Å². The predicted octanol–water partition coefficient (Wildman–Crippen LogP) is 2.82.